The number of nitriles is 1. The molecule has 0 atom stereocenters. The summed E-state index contributed by atoms with van der Waals surface area (Å²) in [6, 6.07) is 6.58. The summed E-state index contributed by atoms with van der Waals surface area (Å²) in [5, 5.41) is 8.70. The first-order valence-electron chi connectivity index (χ1n) is 6.05. The van der Waals surface area contributed by atoms with Crippen LogP contribution in [0.3, 0.4) is 0 Å². The van der Waals surface area contributed by atoms with Crippen LogP contribution in [0.25, 0.3) is 0 Å². The second kappa shape index (κ2) is 5.05. The van der Waals surface area contributed by atoms with E-state index in [1.807, 2.05) is 19.9 Å². The van der Waals surface area contributed by atoms with E-state index in [-0.39, 0.29) is 11.4 Å². The van der Waals surface area contributed by atoms with Gasteiger partial charge in [-0.05, 0) is 26.0 Å². The van der Waals surface area contributed by atoms with Gasteiger partial charge in [-0.1, -0.05) is 6.07 Å². The Morgan fingerprint density at radius 3 is 2.89 bits per heavy atom. The van der Waals surface area contributed by atoms with Gasteiger partial charge in [-0.15, -0.1) is 0 Å². The summed E-state index contributed by atoms with van der Waals surface area (Å²) in [7, 11) is 0. The molecule has 0 bridgehead atoms. The minimum Gasteiger partial charge on any atom is -0.373 e. The fourth-order valence-electron chi connectivity index (χ4n) is 2.24. The average Bonchev–Trinajstić information content (AvgIpc) is 2.30. The third kappa shape index (κ3) is 3.06. The number of rotatable bonds is 2. The minimum atomic E-state index is -0.307. The van der Waals surface area contributed by atoms with Gasteiger partial charge in [-0.3, -0.25) is 4.90 Å². The normalized spacial score (nSPS) is 19.4. The molecule has 0 radical (unpaired) electrons. The molecule has 1 aromatic rings. The predicted molar refractivity (Wildman–Crippen MR) is 66.4 cm³/mol. The summed E-state index contributed by atoms with van der Waals surface area (Å²) in [5.74, 6) is -0.307. The molecule has 1 fully saturated rings. The van der Waals surface area contributed by atoms with E-state index in [1.54, 1.807) is 12.1 Å². The molecule has 18 heavy (non-hydrogen) atoms. The molecule has 1 saturated heterocycles. The first-order valence-corrected chi connectivity index (χ1v) is 6.05. The van der Waals surface area contributed by atoms with Crippen molar-refractivity contribution < 1.29 is 9.13 Å². The number of hydrogen-bond donors (Lipinski definition) is 0. The van der Waals surface area contributed by atoms with Crippen LogP contribution in [0.5, 0.6) is 0 Å². The van der Waals surface area contributed by atoms with E-state index in [0.29, 0.717) is 24.3 Å². The summed E-state index contributed by atoms with van der Waals surface area (Å²) in [5.41, 5.74) is 0.812. The van der Waals surface area contributed by atoms with Crippen LogP contribution in [0.15, 0.2) is 18.2 Å². The molecular formula is C14H17FN2O. The van der Waals surface area contributed by atoms with E-state index >= 15 is 0 Å². The van der Waals surface area contributed by atoms with Gasteiger partial charge in [0.2, 0.25) is 0 Å². The molecule has 0 unspecified atom stereocenters. The maximum absolute atomic E-state index is 13.8. The van der Waals surface area contributed by atoms with Crippen molar-refractivity contribution in [2.75, 3.05) is 19.7 Å². The fourth-order valence-corrected chi connectivity index (χ4v) is 2.24. The number of ether oxygens (including phenoxy) is 1. The Hall–Kier alpha value is -1.44. The smallest absolute Gasteiger partial charge is 0.129 e. The van der Waals surface area contributed by atoms with Crippen molar-refractivity contribution in [2.24, 2.45) is 0 Å². The lowest BCUT2D eigenvalue weighted by Gasteiger charge is -2.38. The second-order valence-corrected chi connectivity index (χ2v) is 5.24. The largest absolute Gasteiger partial charge is 0.373 e. The highest BCUT2D eigenvalue weighted by Crippen LogP contribution is 2.19. The Labute approximate surface area is 107 Å². The lowest BCUT2D eigenvalue weighted by Crippen LogP contribution is -2.47. The quantitative estimate of drug-likeness (QED) is 0.805. The lowest BCUT2D eigenvalue weighted by molar-refractivity contribution is -0.0884. The number of hydrogen-bond acceptors (Lipinski definition) is 3. The van der Waals surface area contributed by atoms with E-state index in [1.165, 1.54) is 6.07 Å². The van der Waals surface area contributed by atoms with Gasteiger partial charge in [0.25, 0.3) is 0 Å². The highest BCUT2D eigenvalue weighted by molar-refractivity contribution is 5.32. The predicted octanol–water partition coefficient (Wildman–Crippen LogP) is 2.31. The van der Waals surface area contributed by atoms with Crippen LogP contribution >= 0.6 is 0 Å². The number of benzene rings is 1. The number of halogens is 1. The molecule has 96 valence electrons. The maximum atomic E-state index is 13.8. The van der Waals surface area contributed by atoms with Crippen molar-refractivity contribution in [3.8, 4) is 6.07 Å². The van der Waals surface area contributed by atoms with Crippen molar-refractivity contribution in [3.63, 3.8) is 0 Å². The van der Waals surface area contributed by atoms with Gasteiger partial charge in [-0.25, -0.2) is 4.39 Å². The Kier molecular flexibility index (Phi) is 3.65. The molecule has 2 rings (SSSR count). The molecule has 0 aromatic heterocycles. The minimum absolute atomic E-state index is 0.179. The molecule has 4 heteroatoms. The Morgan fingerprint density at radius 1 is 1.50 bits per heavy atom. The van der Waals surface area contributed by atoms with Gasteiger partial charge in [0, 0.05) is 25.2 Å². The van der Waals surface area contributed by atoms with Crippen LogP contribution in [0.1, 0.15) is 25.0 Å². The zero-order valence-corrected chi connectivity index (χ0v) is 10.7. The first kappa shape index (κ1) is 13.0. The highest BCUT2D eigenvalue weighted by Gasteiger charge is 2.27. The van der Waals surface area contributed by atoms with Gasteiger partial charge >= 0.3 is 0 Å². The molecule has 0 amide bonds. The van der Waals surface area contributed by atoms with Crippen LogP contribution in [0.2, 0.25) is 0 Å². The van der Waals surface area contributed by atoms with E-state index in [4.69, 9.17) is 10.00 Å². The van der Waals surface area contributed by atoms with E-state index in [9.17, 15) is 4.39 Å². The van der Waals surface area contributed by atoms with Crippen LogP contribution < -0.4 is 0 Å². The molecule has 1 aliphatic rings. The van der Waals surface area contributed by atoms with Crippen LogP contribution in [-0.4, -0.2) is 30.2 Å². The van der Waals surface area contributed by atoms with Gasteiger partial charge in [0.05, 0.1) is 23.8 Å². The van der Waals surface area contributed by atoms with Gasteiger partial charge in [-0.2, -0.15) is 5.26 Å². The van der Waals surface area contributed by atoms with Crippen LogP contribution in [-0.2, 0) is 11.3 Å². The summed E-state index contributed by atoms with van der Waals surface area (Å²) < 4.78 is 19.4. The zero-order chi connectivity index (χ0) is 13.2. The van der Waals surface area contributed by atoms with E-state index < -0.39 is 0 Å². The van der Waals surface area contributed by atoms with E-state index in [0.717, 1.165) is 13.1 Å². The third-order valence-corrected chi connectivity index (χ3v) is 3.08. The van der Waals surface area contributed by atoms with Crippen LogP contribution in [0.4, 0.5) is 4.39 Å². The molecule has 1 heterocycles. The zero-order valence-electron chi connectivity index (χ0n) is 10.7. The molecule has 1 aliphatic heterocycles. The highest BCUT2D eigenvalue weighted by atomic mass is 19.1. The average molecular weight is 248 g/mol. The molecule has 0 spiro atoms. The lowest BCUT2D eigenvalue weighted by atomic mass is 10.1. The van der Waals surface area contributed by atoms with E-state index in [2.05, 4.69) is 4.90 Å². The van der Waals surface area contributed by atoms with Crippen LogP contribution in [0, 0.1) is 17.1 Å². The number of nitrogens with zero attached hydrogens (tertiary/aromatic N) is 2. The monoisotopic (exact) mass is 248 g/mol. The van der Waals surface area contributed by atoms with Crippen molar-refractivity contribution in [3.05, 3.63) is 35.1 Å². The Balaban J connectivity index is 2.08. The maximum Gasteiger partial charge on any atom is 0.129 e. The Bertz CT molecular complexity index is 479. The topological polar surface area (TPSA) is 36.3 Å². The van der Waals surface area contributed by atoms with Crippen molar-refractivity contribution in [1.82, 2.24) is 4.90 Å². The standard InChI is InChI=1S/C14H17FN2O/c1-14(2)10-17(5-6-18-14)9-12-4-3-11(8-16)7-13(12)15/h3-4,7H,5-6,9-10H2,1-2H3. The molecule has 3 nitrogen and oxygen atoms in total. The SMILES string of the molecule is CC1(C)CN(Cc2ccc(C#N)cc2F)CCO1. The molecule has 0 N–H and O–H groups in total. The van der Waals surface area contributed by atoms with Crippen molar-refractivity contribution >= 4 is 0 Å². The second-order valence-electron chi connectivity index (χ2n) is 5.24. The van der Waals surface area contributed by atoms with Gasteiger partial charge in [0.15, 0.2) is 0 Å². The summed E-state index contributed by atoms with van der Waals surface area (Å²) >= 11 is 0. The van der Waals surface area contributed by atoms with Crippen molar-refractivity contribution in [1.29, 1.82) is 5.26 Å². The van der Waals surface area contributed by atoms with Gasteiger partial charge in [0.1, 0.15) is 5.82 Å². The summed E-state index contributed by atoms with van der Waals surface area (Å²) in [6.45, 7) is 6.90. The molecule has 0 saturated carbocycles. The van der Waals surface area contributed by atoms with Gasteiger partial charge < -0.3 is 4.74 Å². The Morgan fingerprint density at radius 2 is 2.28 bits per heavy atom. The molecule has 1 aromatic carbocycles. The molecular weight excluding hydrogens is 231 g/mol. The number of morpholine rings is 1. The summed E-state index contributed by atoms with van der Waals surface area (Å²) in [6.07, 6.45) is 0. The fraction of sp³-hybridized carbons (Fsp3) is 0.500. The summed E-state index contributed by atoms with van der Waals surface area (Å²) in [4.78, 5) is 2.17. The third-order valence-electron chi connectivity index (χ3n) is 3.08. The van der Waals surface area contributed by atoms with Crippen molar-refractivity contribution in [2.45, 2.75) is 26.0 Å². The first-order chi connectivity index (χ1) is 8.50. The molecule has 0 aliphatic carbocycles.